The first kappa shape index (κ1) is 19.7. The Hall–Kier alpha value is -1.30. The summed E-state index contributed by atoms with van der Waals surface area (Å²) in [6.45, 7) is 13.5. The Morgan fingerprint density at radius 2 is 1.91 bits per heavy atom. The van der Waals surface area contributed by atoms with Crippen molar-refractivity contribution in [1.29, 1.82) is 0 Å². The van der Waals surface area contributed by atoms with Crippen molar-refractivity contribution < 1.29 is 14.3 Å². The lowest BCUT2D eigenvalue weighted by Crippen LogP contribution is -2.47. The van der Waals surface area contributed by atoms with Crippen LogP contribution >= 0.6 is 0 Å². The number of carbonyl (C=O) groups excluding carboxylic acids is 2. The van der Waals surface area contributed by atoms with Crippen LogP contribution in [0.3, 0.4) is 0 Å². The zero-order valence-corrected chi connectivity index (χ0v) is 15.3. The van der Waals surface area contributed by atoms with E-state index in [1.807, 2.05) is 0 Å². The number of nitrogens with zero attached hydrogens (tertiary/aromatic N) is 2. The predicted molar refractivity (Wildman–Crippen MR) is 91.3 cm³/mol. The highest BCUT2D eigenvalue weighted by Crippen LogP contribution is 2.17. The fourth-order valence-electron chi connectivity index (χ4n) is 3.14. The maximum atomic E-state index is 12.3. The first-order valence-corrected chi connectivity index (χ1v) is 8.81. The minimum absolute atomic E-state index is 0.0476. The molecule has 2 amide bonds. The first-order valence-electron chi connectivity index (χ1n) is 8.81. The molecule has 1 N–H and O–H groups in total. The van der Waals surface area contributed by atoms with E-state index in [1.54, 1.807) is 11.8 Å². The van der Waals surface area contributed by atoms with E-state index in [2.05, 4.69) is 37.9 Å². The van der Waals surface area contributed by atoms with Gasteiger partial charge in [0.05, 0.1) is 12.5 Å². The molecule has 0 spiro atoms. The summed E-state index contributed by atoms with van der Waals surface area (Å²) >= 11 is 0. The van der Waals surface area contributed by atoms with Gasteiger partial charge in [-0.2, -0.15) is 0 Å². The van der Waals surface area contributed by atoms with E-state index < -0.39 is 0 Å². The highest BCUT2D eigenvalue weighted by atomic mass is 16.6. The van der Waals surface area contributed by atoms with Crippen molar-refractivity contribution in [3.8, 4) is 0 Å². The van der Waals surface area contributed by atoms with Crippen LogP contribution in [0, 0.1) is 5.92 Å². The third-order valence-corrected chi connectivity index (χ3v) is 4.31. The lowest BCUT2D eigenvalue weighted by Gasteiger charge is -2.32. The smallest absolute Gasteiger partial charge is 0.409 e. The number of carbonyl (C=O) groups is 2. The van der Waals surface area contributed by atoms with Gasteiger partial charge < -0.3 is 15.0 Å². The molecule has 1 saturated heterocycles. The van der Waals surface area contributed by atoms with Crippen LogP contribution in [0.2, 0.25) is 0 Å². The summed E-state index contributed by atoms with van der Waals surface area (Å²) in [5.41, 5.74) is 0. The van der Waals surface area contributed by atoms with E-state index in [9.17, 15) is 9.59 Å². The highest BCUT2D eigenvalue weighted by molar-refractivity contribution is 5.80. The Bertz CT molecular complexity index is 377. The van der Waals surface area contributed by atoms with Crippen LogP contribution in [0.5, 0.6) is 0 Å². The normalized spacial score (nSPS) is 18.6. The summed E-state index contributed by atoms with van der Waals surface area (Å²) in [6, 6.07) is 0.918. The molecule has 0 aromatic rings. The topological polar surface area (TPSA) is 61.9 Å². The summed E-state index contributed by atoms with van der Waals surface area (Å²) in [7, 11) is 0. The molecule has 0 saturated carbocycles. The largest absolute Gasteiger partial charge is 0.450 e. The maximum absolute atomic E-state index is 12.3. The van der Waals surface area contributed by atoms with E-state index in [4.69, 9.17) is 4.74 Å². The molecule has 1 aliphatic rings. The molecule has 134 valence electrons. The van der Waals surface area contributed by atoms with Crippen LogP contribution in [0.15, 0.2) is 0 Å². The van der Waals surface area contributed by atoms with Crippen molar-refractivity contribution in [1.82, 2.24) is 15.1 Å². The van der Waals surface area contributed by atoms with Crippen LogP contribution in [0.4, 0.5) is 4.79 Å². The molecule has 0 radical (unpaired) electrons. The van der Waals surface area contributed by atoms with Crippen LogP contribution in [0.25, 0.3) is 0 Å². The Labute approximate surface area is 140 Å². The van der Waals surface area contributed by atoms with Crippen molar-refractivity contribution >= 4 is 12.0 Å². The number of rotatable bonds is 7. The quantitative estimate of drug-likeness (QED) is 0.778. The second-order valence-corrected chi connectivity index (χ2v) is 6.70. The Kier molecular flexibility index (Phi) is 8.37. The summed E-state index contributed by atoms with van der Waals surface area (Å²) in [5, 5.41) is 3.02. The van der Waals surface area contributed by atoms with Gasteiger partial charge >= 0.3 is 6.09 Å². The van der Waals surface area contributed by atoms with Gasteiger partial charge in [-0.1, -0.05) is 0 Å². The third-order valence-electron chi connectivity index (χ3n) is 4.31. The van der Waals surface area contributed by atoms with Gasteiger partial charge in [-0.3, -0.25) is 9.69 Å². The Morgan fingerprint density at radius 1 is 1.26 bits per heavy atom. The molecule has 23 heavy (non-hydrogen) atoms. The zero-order valence-electron chi connectivity index (χ0n) is 15.3. The second-order valence-electron chi connectivity index (χ2n) is 6.70. The summed E-state index contributed by atoms with van der Waals surface area (Å²) in [4.78, 5) is 28.1. The lowest BCUT2D eigenvalue weighted by atomic mass is 9.97. The fourth-order valence-corrected chi connectivity index (χ4v) is 3.14. The van der Waals surface area contributed by atoms with Gasteiger partial charge in [0.2, 0.25) is 5.91 Å². The SMILES string of the molecule is CCOC(=O)N1CCCC(C(=O)NCCN(C(C)C)C(C)C)C1. The van der Waals surface area contributed by atoms with Gasteiger partial charge in [-0.05, 0) is 47.5 Å². The molecule has 0 aromatic carbocycles. The van der Waals surface area contributed by atoms with E-state index in [-0.39, 0.29) is 17.9 Å². The molecule has 0 aromatic heterocycles. The number of hydrogen-bond donors (Lipinski definition) is 1. The molecule has 1 heterocycles. The molecule has 1 unspecified atom stereocenters. The van der Waals surface area contributed by atoms with Gasteiger partial charge in [-0.15, -0.1) is 0 Å². The molecule has 1 atom stereocenters. The van der Waals surface area contributed by atoms with Crippen molar-refractivity contribution in [2.45, 2.75) is 59.5 Å². The summed E-state index contributed by atoms with van der Waals surface area (Å²) < 4.78 is 5.02. The number of piperidine rings is 1. The number of hydrogen-bond acceptors (Lipinski definition) is 4. The molecule has 1 aliphatic heterocycles. The Morgan fingerprint density at radius 3 is 2.48 bits per heavy atom. The highest BCUT2D eigenvalue weighted by Gasteiger charge is 2.29. The molecule has 6 nitrogen and oxygen atoms in total. The van der Waals surface area contributed by atoms with E-state index in [0.717, 1.165) is 19.4 Å². The molecule has 6 heteroatoms. The van der Waals surface area contributed by atoms with Crippen LogP contribution in [0.1, 0.15) is 47.5 Å². The molecular weight excluding hydrogens is 294 g/mol. The monoisotopic (exact) mass is 327 g/mol. The third kappa shape index (κ3) is 6.37. The number of likely N-dealkylation sites (tertiary alicyclic amines) is 1. The van der Waals surface area contributed by atoms with E-state index in [1.165, 1.54) is 0 Å². The molecular formula is C17H33N3O3. The first-order chi connectivity index (χ1) is 10.9. The van der Waals surface area contributed by atoms with Crippen molar-refractivity contribution in [3.05, 3.63) is 0 Å². The van der Waals surface area contributed by atoms with Crippen LogP contribution < -0.4 is 5.32 Å². The number of nitrogens with one attached hydrogen (secondary N) is 1. The predicted octanol–water partition coefficient (Wildman–Crippen LogP) is 2.09. The zero-order chi connectivity index (χ0) is 17.4. The van der Waals surface area contributed by atoms with Crippen LogP contribution in [-0.2, 0) is 9.53 Å². The average Bonchev–Trinajstić information content (AvgIpc) is 2.50. The summed E-state index contributed by atoms with van der Waals surface area (Å²) in [5.74, 6) is -0.0776. The van der Waals surface area contributed by atoms with Gasteiger partial charge in [0.1, 0.15) is 0 Å². The van der Waals surface area contributed by atoms with Gasteiger partial charge in [0, 0.05) is 38.3 Å². The van der Waals surface area contributed by atoms with Gasteiger partial charge in [0.15, 0.2) is 0 Å². The molecule has 1 rings (SSSR count). The minimum atomic E-state index is -0.309. The lowest BCUT2D eigenvalue weighted by molar-refractivity contribution is -0.126. The van der Waals surface area contributed by atoms with Gasteiger partial charge in [0.25, 0.3) is 0 Å². The van der Waals surface area contributed by atoms with E-state index in [0.29, 0.717) is 38.3 Å². The molecule has 0 aliphatic carbocycles. The maximum Gasteiger partial charge on any atom is 0.409 e. The fraction of sp³-hybridized carbons (Fsp3) is 0.882. The second kappa shape index (κ2) is 9.75. The van der Waals surface area contributed by atoms with Gasteiger partial charge in [-0.25, -0.2) is 4.79 Å². The Balaban J connectivity index is 2.40. The summed E-state index contributed by atoms with van der Waals surface area (Å²) in [6.07, 6.45) is 1.37. The van der Waals surface area contributed by atoms with Crippen molar-refractivity contribution in [2.75, 3.05) is 32.8 Å². The van der Waals surface area contributed by atoms with Crippen molar-refractivity contribution in [2.24, 2.45) is 5.92 Å². The molecule has 1 fully saturated rings. The van der Waals surface area contributed by atoms with Crippen molar-refractivity contribution in [3.63, 3.8) is 0 Å². The van der Waals surface area contributed by atoms with E-state index >= 15 is 0 Å². The molecule has 0 bridgehead atoms. The van der Waals surface area contributed by atoms with Crippen LogP contribution in [-0.4, -0.2) is 66.7 Å². The minimum Gasteiger partial charge on any atom is -0.450 e. The standard InChI is InChI=1S/C17H33N3O3/c1-6-23-17(22)19-10-7-8-15(12-19)16(21)18-9-11-20(13(2)3)14(4)5/h13-15H,6-12H2,1-5H3,(H,18,21). The average molecular weight is 327 g/mol. The number of ether oxygens (including phenoxy) is 1. The number of amides is 2.